The normalized spacial score (nSPS) is 13.3. The predicted molar refractivity (Wildman–Crippen MR) is 60.9 cm³/mol. The zero-order valence-electron chi connectivity index (χ0n) is 9.33. The summed E-state index contributed by atoms with van der Waals surface area (Å²) in [6.07, 6.45) is 2.24. The van der Waals surface area contributed by atoms with Crippen LogP contribution < -0.4 is 5.14 Å². The van der Waals surface area contributed by atoms with E-state index in [2.05, 4.69) is 4.98 Å². The number of carboxylic acids is 1. The molecule has 0 aliphatic heterocycles. The van der Waals surface area contributed by atoms with Crippen LogP contribution in [0.4, 0.5) is 0 Å². The van der Waals surface area contributed by atoms with Crippen molar-refractivity contribution in [3.05, 3.63) is 24.0 Å². The third-order valence-electron chi connectivity index (χ3n) is 2.32. The first-order chi connectivity index (χ1) is 7.86. The van der Waals surface area contributed by atoms with Crippen LogP contribution in [0.1, 0.15) is 31.4 Å². The van der Waals surface area contributed by atoms with E-state index in [4.69, 9.17) is 10.2 Å². The van der Waals surface area contributed by atoms with Crippen molar-refractivity contribution >= 4 is 16.0 Å². The lowest BCUT2D eigenvalue weighted by atomic mass is 9.99. The number of primary sulfonamides is 1. The molecule has 0 radical (unpaired) electrons. The molecule has 0 amide bonds. The Morgan fingerprint density at radius 2 is 2.18 bits per heavy atom. The van der Waals surface area contributed by atoms with E-state index < -0.39 is 21.9 Å². The molecular formula is C10H14N2O4S. The van der Waals surface area contributed by atoms with E-state index in [1.54, 1.807) is 0 Å². The fourth-order valence-electron chi connectivity index (χ4n) is 1.45. The maximum Gasteiger partial charge on any atom is 0.312 e. The molecule has 1 rings (SSSR count). The average Bonchev–Trinajstić information content (AvgIpc) is 2.24. The van der Waals surface area contributed by atoms with Gasteiger partial charge in [0, 0.05) is 6.20 Å². The van der Waals surface area contributed by atoms with Crippen LogP contribution in [-0.4, -0.2) is 24.5 Å². The number of nitrogens with zero attached hydrogens (tertiary/aromatic N) is 1. The first kappa shape index (κ1) is 13.6. The highest BCUT2D eigenvalue weighted by atomic mass is 32.2. The summed E-state index contributed by atoms with van der Waals surface area (Å²) in [6.45, 7) is 1.87. The van der Waals surface area contributed by atoms with E-state index >= 15 is 0 Å². The number of hydrogen-bond donors (Lipinski definition) is 2. The highest BCUT2D eigenvalue weighted by molar-refractivity contribution is 7.89. The summed E-state index contributed by atoms with van der Waals surface area (Å²) in [5.41, 5.74) is 0.340. The number of sulfonamides is 1. The molecule has 0 bridgehead atoms. The van der Waals surface area contributed by atoms with Crippen molar-refractivity contribution < 1.29 is 18.3 Å². The van der Waals surface area contributed by atoms with E-state index in [9.17, 15) is 13.2 Å². The first-order valence-corrected chi connectivity index (χ1v) is 6.62. The Morgan fingerprint density at radius 3 is 2.53 bits per heavy atom. The van der Waals surface area contributed by atoms with Crippen molar-refractivity contribution in [2.75, 3.05) is 0 Å². The largest absolute Gasteiger partial charge is 0.481 e. The topological polar surface area (TPSA) is 110 Å². The molecule has 1 atom stereocenters. The Hall–Kier alpha value is -1.47. The van der Waals surface area contributed by atoms with Crippen LogP contribution in [0.2, 0.25) is 0 Å². The molecule has 6 nitrogen and oxygen atoms in total. The smallest absolute Gasteiger partial charge is 0.312 e. The number of aliphatic carboxylic acids is 1. The molecule has 0 aliphatic carbocycles. The minimum atomic E-state index is -3.79. The van der Waals surface area contributed by atoms with Crippen LogP contribution in [0, 0.1) is 0 Å². The number of hydrogen-bond acceptors (Lipinski definition) is 4. The van der Waals surface area contributed by atoms with Gasteiger partial charge in [-0.3, -0.25) is 9.78 Å². The number of nitrogens with two attached hydrogens (primary N) is 1. The molecule has 94 valence electrons. The molecular weight excluding hydrogens is 244 g/mol. The lowest BCUT2D eigenvalue weighted by Gasteiger charge is -2.10. The average molecular weight is 258 g/mol. The Bertz CT molecular complexity index is 496. The Kier molecular flexibility index (Phi) is 4.19. The second kappa shape index (κ2) is 5.24. The third kappa shape index (κ3) is 3.50. The van der Waals surface area contributed by atoms with Crippen molar-refractivity contribution in [2.24, 2.45) is 5.14 Å². The highest BCUT2D eigenvalue weighted by Crippen LogP contribution is 2.20. The molecule has 0 saturated heterocycles. The molecule has 1 aromatic heterocycles. The molecule has 1 aromatic rings. The van der Waals surface area contributed by atoms with Gasteiger partial charge in [-0.15, -0.1) is 0 Å². The molecule has 0 saturated carbocycles. The lowest BCUT2D eigenvalue weighted by Crippen LogP contribution is -2.15. The minimum Gasteiger partial charge on any atom is -0.481 e. The Morgan fingerprint density at radius 1 is 1.53 bits per heavy atom. The van der Waals surface area contributed by atoms with Crippen molar-refractivity contribution in [1.82, 2.24) is 4.98 Å². The van der Waals surface area contributed by atoms with Gasteiger partial charge in [0.15, 0.2) is 0 Å². The van der Waals surface area contributed by atoms with E-state index in [1.165, 1.54) is 12.1 Å². The standard InChI is InChI=1S/C10H14N2O4S/c1-2-3-8(10(13)14)9-5-4-7(6-12-9)17(11,15)16/h4-6,8H,2-3H2,1H3,(H,13,14)(H2,11,15,16). The predicted octanol–water partition coefficient (Wildman–Crippen LogP) is 0.697. The van der Waals surface area contributed by atoms with E-state index in [0.29, 0.717) is 18.5 Å². The Balaban J connectivity index is 3.04. The molecule has 0 fully saturated rings. The van der Waals surface area contributed by atoms with E-state index in [0.717, 1.165) is 6.20 Å². The maximum atomic E-state index is 11.0. The summed E-state index contributed by atoms with van der Waals surface area (Å²) in [4.78, 5) is 14.7. The fraction of sp³-hybridized carbons (Fsp3) is 0.400. The SMILES string of the molecule is CCCC(C(=O)O)c1ccc(S(N)(=O)=O)cn1. The summed E-state index contributed by atoms with van der Waals surface area (Å²) in [7, 11) is -3.79. The summed E-state index contributed by atoms with van der Waals surface area (Å²) in [5.74, 6) is -1.68. The monoisotopic (exact) mass is 258 g/mol. The second-order valence-electron chi connectivity index (χ2n) is 3.64. The van der Waals surface area contributed by atoms with Gasteiger partial charge in [0.1, 0.15) is 4.90 Å². The van der Waals surface area contributed by atoms with Gasteiger partial charge >= 0.3 is 5.97 Å². The van der Waals surface area contributed by atoms with Crippen LogP contribution in [0.3, 0.4) is 0 Å². The van der Waals surface area contributed by atoms with Crippen LogP contribution >= 0.6 is 0 Å². The number of pyridine rings is 1. The van der Waals surface area contributed by atoms with Crippen LogP contribution in [0.25, 0.3) is 0 Å². The molecule has 1 unspecified atom stereocenters. The summed E-state index contributed by atoms with van der Waals surface area (Å²) >= 11 is 0. The summed E-state index contributed by atoms with van der Waals surface area (Å²) < 4.78 is 22.0. The van der Waals surface area contributed by atoms with Crippen LogP contribution in [-0.2, 0) is 14.8 Å². The van der Waals surface area contributed by atoms with Gasteiger partial charge in [-0.25, -0.2) is 13.6 Å². The second-order valence-corrected chi connectivity index (χ2v) is 5.20. The first-order valence-electron chi connectivity index (χ1n) is 5.07. The van der Waals surface area contributed by atoms with Crippen molar-refractivity contribution in [2.45, 2.75) is 30.6 Å². The summed E-state index contributed by atoms with van der Waals surface area (Å²) in [5, 5.41) is 13.9. The van der Waals surface area contributed by atoms with Gasteiger partial charge in [-0.2, -0.15) is 0 Å². The fourth-order valence-corrected chi connectivity index (χ4v) is 1.91. The summed E-state index contributed by atoms with van der Waals surface area (Å²) in [6, 6.07) is 2.65. The van der Waals surface area contributed by atoms with Gasteiger partial charge in [-0.05, 0) is 18.6 Å². The number of carboxylic acid groups (broad SMARTS) is 1. The lowest BCUT2D eigenvalue weighted by molar-refractivity contribution is -0.139. The Labute approximate surface area is 99.5 Å². The molecule has 1 heterocycles. The molecule has 17 heavy (non-hydrogen) atoms. The van der Waals surface area contributed by atoms with Gasteiger partial charge in [-0.1, -0.05) is 13.3 Å². The number of rotatable bonds is 5. The van der Waals surface area contributed by atoms with Gasteiger partial charge in [0.2, 0.25) is 10.0 Å². The molecule has 0 spiro atoms. The van der Waals surface area contributed by atoms with Gasteiger partial charge in [0.25, 0.3) is 0 Å². The van der Waals surface area contributed by atoms with Gasteiger partial charge in [0.05, 0.1) is 11.6 Å². The van der Waals surface area contributed by atoms with Gasteiger partial charge < -0.3 is 5.11 Å². The third-order valence-corrected chi connectivity index (χ3v) is 3.22. The van der Waals surface area contributed by atoms with Crippen LogP contribution in [0.5, 0.6) is 0 Å². The minimum absolute atomic E-state index is 0.123. The molecule has 0 aliphatic rings. The van der Waals surface area contributed by atoms with E-state index in [1.807, 2.05) is 6.92 Å². The number of aromatic nitrogens is 1. The molecule has 7 heteroatoms. The van der Waals surface area contributed by atoms with E-state index in [-0.39, 0.29) is 4.90 Å². The zero-order valence-corrected chi connectivity index (χ0v) is 10.1. The van der Waals surface area contributed by atoms with Crippen molar-refractivity contribution in [3.8, 4) is 0 Å². The molecule has 3 N–H and O–H groups in total. The van der Waals surface area contributed by atoms with Crippen LogP contribution in [0.15, 0.2) is 23.2 Å². The highest BCUT2D eigenvalue weighted by Gasteiger charge is 2.20. The zero-order chi connectivity index (χ0) is 13.1. The molecule has 0 aromatic carbocycles. The maximum absolute atomic E-state index is 11.0. The van der Waals surface area contributed by atoms with Crippen molar-refractivity contribution in [1.29, 1.82) is 0 Å². The quantitative estimate of drug-likeness (QED) is 0.807. The van der Waals surface area contributed by atoms with Crippen molar-refractivity contribution in [3.63, 3.8) is 0 Å². The number of carbonyl (C=O) groups is 1.